The molecule has 1 saturated heterocycles. The minimum atomic E-state index is -0.567. The van der Waals surface area contributed by atoms with Crippen molar-refractivity contribution in [1.29, 1.82) is 0 Å². The summed E-state index contributed by atoms with van der Waals surface area (Å²) < 4.78 is 5.95. The van der Waals surface area contributed by atoms with Gasteiger partial charge in [-0.25, -0.2) is 4.79 Å². The lowest BCUT2D eigenvalue weighted by Crippen LogP contribution is -2.62. The van der Waals surface area contributed by atoms with Crippen LogP contribution in [0.1, 0.15) is 24.2 Å². The molecule has 2 aromatic carbocycles. The van der Waals surface area contributed by atoms with E-state index in [4.69, 9.17) is 15.3 Å². The molecule has 0 aromatic heterocycles. The molecule has 4 rings (SSSR count). The van der Waals surface area contributed by atoms with Crippen LogP contribution in [0.5, 0.6) is 0 Å². The number of ether oxygens (including phenoxy) is 1. The number of nitrogens with zero attached hydrogens (tertiary/aromatic N) is 2. The molecule has 7 nitrogen and oxygen atoms in total. The molecule has 8 heteroatoms. The van der Waals surface area contributed by atoms with Crippen LogP contribution in [0.25, 0.3) is 0 Å². The van der Waals surface area contributed by atoms with Crippen molar-refractivity contribution in [2.45, 2.75) is 18.4 Å². The van der Waals surface area contributed by atoms with Gasteiger partial charge in [-0.1, -0.05) is 65.8 Å². The molecule has 2 unspecified atom stereocenters. The Hall–Kier alpha value is -3.10. The molecule has 2 atom stereocenters. The van der Waals surface area contributed by atoms with Gasteiger partial charge in [0.1, 0.15) is 18.2 Å². The first kappa shape index (κ1) is 22.1. The quantitative estimate of drug-likeness (QED) is 0.287. The first-order valence-electron chi connectivity index (χ1n) is 10.4. The van der Waals surface area contributed by atoms with Gasteiger partial charge in [-0.15, -0.1) is 11.8 Å². The van der Waals surface area contributed by atoms with Crippen LogP contribution in [0.4, 0.5) is 0 Å². The smallest absolute Gasteiger partial charge is 0.355 e. The van der Waals surface area contributed by atoms with Gasteiger partial charge in [0.15, 0.2) is 6.10 Å². The van der Waals surface area contributed by atoms with Crippen molar-refractivity contribution in [1.82, 2.24) is 4.90 Å². The van der Waals surface area contributed by atoms with E-state index >= 15 is 0 Å². The van der Waals surface area contributed by atoms with E-state index < -0.39 is 12.1 Å². The molecule has 2 aromatic rings. The van der Waals surface area contributed by atoms with Gasteiger partial charge < -0.3 is 15.3 Å². The van der Waals surface area contributed by atoms with Crippen molar-refractivity contribution in [3.05, 3.63) is 83.6 Å². The number of hydrogen-bond acceptors (Lipinski definition) is 7. The third kappa shape index (κ3) is 4.56. The normalized spacial score (nSPS) is 20.3. The standard InChI is InChI=1S/C24H25N3O4S/c1-16(14-25)26-30-15-19-22(28)27-20(12-13-32-23(19)27)24(29)31-21(17-8-4-2-5-9-17)18-10-6-3-7-11-18/h2-12,19,21,23H,13-15,25H2,1H3/b26-16+. The Bertz CT molecular complexity index is 987. The van der Waals surface area contributed by atoms with E-state index in [1.807, 2.05) is 60.7 Å². The molecule has 0 bridgehead atoms. The highest BCUT2D eigenvalue weighted by molar-refractivity contribution is 8.00. The highest BCUT2D eigenvalue weighted by atomic mass is 32.2. The third-order valence-electron chi connectivity index (χ3n) is 5.37. The predicted octanol–water partition coefficient (Wildman–Crippen LogP) is 3.09. The van der Waals surface area contributed by atoms with Gasteiger partial charge in [0.05, 0.1) is 11.1 Å². The van der Waals surface area contributed by atoms with Gasteiger partial charge in [0.25, 0.3) is 0 Å². The van der Waals surface area contributed by atoms with Gasteiger partial charge in [0, 0.05) is 12.3 Å². The van der Waals surface area contributed by atoms with Gasteiger partial charge in [-0.2, -0.15) is 0 Å². The largest absolute Gasteiger partial charge is 0.448 e. The molecule has 166 valence electrons. The Labute approximate surface area is 191 Å². The second-order valence-electron chi connectivity index (χ2n) is 7.56. The van der Waals surface area contributed by atoms with Crippen molar-refractivity contribution >= 4 is 29.4 Å². The van der Waals surface area contributed by atoms with Crippen molar-refractivity contribution in [2.75, 3.05) is 18.9 Å². The number of fused-ring (bicyclic) bond motifs is 1. The maximum absolute atomic E-state index is 13.2. The van der Waals surface area contributed by atoms with Gasteiger partial charge in [0.2, 0.25) is 5.91 Å². The van der Waals surface area contributed by atoms with E-state index in [2.05, 4.69) is 5.16 Å². The zero-order valence-electron chi connectivity index (χ0n) is 17.7. The van der Waals surface area contributed by atoms with Crippen LogP contribution < -0.4 is 5.73 Å². The van der Waals surface area contributed by atoms with Crippen LogP contribution in [0.2, 0.25) is 0 Å². The van der Waals surface area contributed by atoms with E-state index in [9.17, 15) is 9.59 Å². The second kappa shape index (κ2) is 10.0. The minimum absolute atomic E-state index is 0.156. The summed E-state index contributed by atoms with van der Waals surface area (Å²) in [5, 5.41) is 3.73. The minimum Gasteiger partial charge on any atom is -0.448 e. The van der Waals surface area contributed by atoms with E-state index in [1.165, 1.54) is 4.90 Å². The number of carbonyl (C=O) groups excluding carboxylic acids is 2. The van der Waals surface area contributed by atoms with Gasteiger partial charge >= 0.3 is 5.97 Å². The molecule has 2 heterocycles. The van der Waals surface area contributed by atoms with Crippen LogP contribution in [-0.2, 0) is 19.2 Å². The fourth-order valence-corrected chi connectivity index (χ4v) is 4.89. The molecule has 1 amide bonds. The van der Waals surface area contributed by atoms with Gasteiger partial charge in [-0.3, -0.25) is 9.69 Å². The first-order valence-corrected chi connectivity index (χ1v) is 11.5. The Morgan fingerprint density at radius 2 is 1.78 bits per heavy atom. The Kier molecular flexibility index (Phi) is 6.92. The lowest BCUT2D eigenvalue weighted by Gasteiger charge is -2.48. The average Bonchev–Trinajstić information content (AvgIpc) is 2.85. The van der Waals surface area contributed by atoms with E-state index in [0.717, 1.165) is 11.1 Å². The number of thioether (sulfide) groups is 1. The lowest BCUT2D eigenvalue weighted by atomic mass is 9.97. The van der Waals surface area contributed by atoms with Crippen LogP contribution in [0, 0.1) is 5.92 Å². The average molecular weight is 452 g/mol. The molecule has 2 aliphatic heterocycles. The van der Waals surface area contributed by atoms with E-state index in [0.29, 0.717) is 18.0 Å². The van der Waals surface area contributed by atoms with Crippen molar-refractivity contribution in [2.24, 2.45) is 16.8 Å². The summed E-state index contributed by atoms with van der Waals surface area (Å²) in [6.07, 6.45) is 1.19. The molecule has 0 spiro atoms. The number of amides is 1. The van der Waals surface area contributed by atoms with Crippen molar-refractivity contribution < 1.29 is 19.2 Å². The topological polar surface area (TPSA) is 94.2 Å². The fourth-order valence-electron chi connectivity index (χ4n) is 3.65. The van der Waals surface area contributed by atoms with Crippen LogP contribution in [0.15, 0.2) is 77.6 Å². The maximum atomic E-state index is 13.2. The lowest BCUT2D eigenvalue weighted by molar-refractivity contribution is -0.158. The highest BCUT2D eigenvalue weighted by Crippen LogP contribution is 2.42. The molecular weight excluding hydrogens is 426 g/mol. The summed E-state index contributed by atoms with van der Waals surface area (Å²) in [5.41, 5.74) is 8.16. The molecule has 0 radical (unpaired) electrons. The molecule has 0 saturated carbocycles. The molecule has 2 aliphatic rings. The molecule has 1 fully saturated rings. The molecule has 2 N–H and O–H groups in total. The van der Waals surface area contributed by atoms with Crippen molar-refractivity contribution in [3.8, 4) is 0 Å². The summed E-state index contributed by atoms with van der Waals surface area (Å²) >= 11 is 1.59. The number of esters is 1. The second-order valence-corrected chi connectivity index (χ2v) is 8.71. The number of hydrogen-bond donors (Lipinski definition) is 1. The zero-order valence-corrected chi connectivity index (χ0v) is 18.5. The number of oxime groups is 1. The Morgan fingerprint density at radius 1 is 1.16 bits per heavy atom. The summed E-state index contributed by atoms with van der Waals surface area (Å²) in [6, 6.07) is 19.1. The number of rotatable bonds is 8. The third-order valence-corrected chi connectivity index (χ3v) is 6.61. The molecular formula is C24H25N3O4S. The Balaban J connectivity index is 1.48. The summed E-state index contributed by atoms with van der Waals surface area (Å²) in [7, 11) is 0. The number of benzene rings is 2. The van der Waals surface area contributed by atoms with E-state index in [1.54, 1.807) is 24.8 Å². The summed E-state index contributed by atoms with van der Waals surface area (Å²) in [5.74, 6) is -0.425. The van der Waals surface area contributed by atoms with Crippen LogP contribution in [-0.4, -0.2) is 46.8 Å². The highest BCUT2D eigenvalue weighted by Gasteiger charge is 2.52. The Morgan fingerprint density at radius 3 is 2.38 bits per heavy atom. The van der Waals surface area contributed by atoms with Crippen LogP contribution >= 0.6 is 11.8 Å². The molecule has 0 aliphatic carbocycles. The van der Waals surface area contributed by atoms with Gasteiger partial charge in [-0.05, 0) is 24.1 Å². The monoisotopic (exact) mass is 451 g/mol. The van der Waals surface area contributed by atoms with E-state index in [-0.39, 0.29) is 29.5 Å². The summed E-state index contributed by atoms with van der Waals surface area (Å²) in [4.78, 5) is 32.8. The summed E-state index contributed by atoms with van der Waals surface area (Å²) in [6.45, 7) is 2.21. The number of β-lactam (4-membered cyclic amide) rings is 1. The fraction of sp³-hybridized carbons (Fsp3) is 0.292. The number of carbonyl (C=O) groups is 2. The predicted molar refractivity (Wildman–Crippen MR) is 124 cm³/mol. The molecule has 32 heavy (non-hydrogen) atoms. The first-order chi connectivity index (χ1) is 15.6. The SMILES string of the molecule is C/C(CN)=N\OCC1C(=O)N2C(C(=O)OC(c3ccccc3)c3ccccc3)=CCSC12. The van der Waals surface area contributed by atoms with Crippen molar-refractivity contribution in [3.63, 3.8) is 0 Å². The number of nitrogens with two attached hydrogens (primary N) is 1. The van der Waals surface area contributed by atoms with Crippen LogP contribution in [0.3, 0.4) is 0 Å². The maximum Gasteiger partial charge on any atom is 0.355 e. The zero-order chi connectivity index (χ0) is 22.5.